The van der Waals surface area contributed by atoms with Crippen LogP contribution in [-0.4, -0.2) is 11.5 Å². The largest absolute Gasteiger partial charge is 0.389 e. The van der Waals surface area contributed by atoms with Gasteiger partial charge >= 0.3 is 0 Å². The number of H-pyrrole nitrogens is 1. The second-order valence-electron chi connectivity index (χ2n) is 6.87. The highest BCUT2D eigenvalue weighted by molar-refractivity contribution is 5.84. The Kier molecular flexibility index (Phi) is 5.92. The highest BCUT2D eigenvalue weighted by Gasteiger charge is 2.05. The molecule has 1 aromatic heterocycles. The molecule has 1 heterocycles. The fourth-order valence-corrected chi connectivity index (χ4v) is 3.06. The van der Waals surface area contributed by atoms with Crippen molar-refractivity contribution in [3.63, 3.8) is 0 Å². The second-order valence-corrected chi connectivity index (χ2v) is 6.87. The summed E-state index contributed by atoms with van der Waals surface area (Å²) in [6, 6.07) is 12.9. The van der Waals surface area contributed by atoms with E-state index in [0.717, 1.165) is 41.7 Å². The van der Waals surface area contributed by atoms with Gasteiger partial charge in [-0.3, -0.25) is 0 Å². The number of aromatic amines is 1. The van der Waals surface area contributed by atoms with Crippen LogP contribution in [0, 0.1) is 5.82 Å². The summed E-state index contributed by atoms with van der Waals surface area (Å²) in [6.07, 6.45) is 7.76. The first-order valence-electron chi connectivity index (χ1n) is 9.11. The molecule has 0 amide bonds. The number of hydrogen-bond acceptors (Lipinski definition) is 1. The van der Waals surface area contributed by atoms with Crippen LogP contribution < -0.4 is 5.32 Å². The van der Waals surface area contributed by atoms with Gasteiger partial charge in [0.05, 0.1) is 0 Å². The van der Waals surface area contributed by atoms with E-state index in [0.29, 0.717) is 0 Å². The number of fused-ring (bicyclic) bond motifs is 1. The maximum absolute atomic E-state index is 13.0. The van der Waals surface area contributed by atoms with Crippen LogP contribution in [0.1, 0.15) is 23.6 Å². The Hall–Kier alpha value is -3.07. The molecule has 3 rings (SSSR count). The van der Waals surface area contributed by atoms with Gasteiger partial charge in [0.2, 0.25) is 0 Å². The summed E-state index contributed by atoms with van der Waals surface area (Å²) in [6.45, 7) is 10.9. The Balaban J connectivity index is 1.68. The normalized spacial score (nSPS) is 11.2. The molecule has 2 N–H and O–H groups in total. The highest BCUT2D eigenvalue weighted by atomic mass is 19.1. The number of hydrogen-bond donors (Lipinski definition) is 2. The van der Waals surface area contributed by atoms with Gasteiger partial charge in [-0.1, -0.05) is 49.1 Å². The topological polar surface area (TPSA) is 27.8 Å². The molecule has 0 aliphatic rings. The maximum Gasteiger partial charge on any atom is 0.123 e. The average Bonchev–Trinajstić information content (AvgIpc) is 3.03. The standard InChI is InChI=1S/C24H25FN2/c1-17(2)26-13-12-21-16-27-24-11-8-20(15-23(21)24)14-18(3)4-5-19-6-9-22(25)10-7-19/h4-11,15-16,26-27H,1,3,12-14H2,2H3/b5-4+. The number of rotatable bonds is 8. The Labute approximate surface area is 160 Å². The summed E-state index contributed by atoms with van der Waals surface area (Å²) in [5.41, 5.74) is 6.64. The molecule has 0 unspecified atom stereocenters. The smallest absolute Gasteiger partial charge is 0.123 e. The third kappa shape index (κ3) is 5.20. The molecule has 2 aromatic carbocycles. The van der Waals surface area contributed by atoms with Crippen LogP contribution in [0.25, 0.3) is 17.0 Å². The second kappa shape index (κ2) is 8.54. The average molecular weight is 360 g/mol. The lowest BCUT2D eigenvalue weighted by Crippen LogP contribution is -2.13. The van der Waals surface area contributed by atoms with Crippen molar-refractivity contribution in [1.29, 1.82) is 0 Å². The molecule has 0 spiro atoms. The predicted molar refractivity (Wildman–Crippen MR) is 113 cm³/mol. The van der Waals surface area contributed by atoms with Crippen molar-refractivity contribution in [1.82, 2.24) is 10.3 Å². The summed E-state index contributed by atoms with van der Waals surface area (Å²) in [7, 11) is 0. The minimum atomic E-state index is -0.222. The minimum Gasteiger partial charge on any atom is -0.389 e. The van der Waals surface area contributed by atoms with Gasteiger partial charge < -0.3 is 10.3 Å². The summed E-state index contributed by atoms with van der Waals surface area (Å²) < 4.78 is 13.0. The molecule has 2 nitrogen and oxygen atoms in total. The molecule has 0 atom stereocenters. The number of nitrogens with one attached hydrogen (secondary N) is 2. The zero-order chi connectivity index (χ0) is 19.2. The molecular formula is C24H25FN2. The van der Waals surface area contributed by atoms with Crippen molar-refractivity contribution in [3.05, 3.63) is 102 Å². The van der Waals surface area contributed by atoms with E-state index in [2.05, 4.69) is 47.9 Å². The molecule has 0 bridgehead atoms. The van der Waals surface area contributed by atoms with Crippen LogP contribution in [0.4, 0.5) is 4.39 Å². The quantitative estimate of drug-likeness (QED) is 0.489. The van der Waals surface area contributed by atoms with Gasteiger partial charge in [-0.2, -0.15) is 0 Å². The summed E-state index contributed by atoms with van der Waals surface area (Å²) in [5.74, 6) is -0.222. The van der Waals surface area contributed by atoms with E-state index in [1.807, 2.05) is 19.1 Å². The van der Waals surface area contributed by atoms with E-state index in [-0.39, 0.29) is 5.82 Å². The van der Waals surface area contributed by atoms with Crippen molar-refractivity contribution in [3.8, 4) is 0 Å². The molecular weight excluding hydrogens is 335 g/mol. The first kappa shape index (κ1) is 18.7. The van der Waals surface area contributed by atoms with Gasteiger partial charge in [-0.15, -0.1) is 0 Å². The van der Waals surface area contributed by atoms with Crippen molar-refractivity contribution in [2.24, 2.45) is 0 Å². The Morgan fingerprint density at radius 2 is 1.93 bits per heavy atom. The van der Waals surface area contributed by atoms with Gasteiger partial charge in [-0.25, -0.2) is 4.39 Å². The molecule has 0 radical (unpaired) electrons. The van der Waals surface area contributed by atoms with Crippen LogP contribution in [0.5, 0.6) is 0 Å². The molecule has 0 aliphatic heterocycles. The minimum absolute atomic E-state index is 0.222. The molecule has 27 heavy (non-hydrogen) atoms. The summed E-state index contributed by atoms with van der Waals surface area (Å²) in [5, 5.41) is 4.53. The first-order chi connectivity index (χ1) is 13.0. The lowest BCUT2D eigenvalue weighted by molar-refractivity contribution is 0.628. The highest BCUT2D eigenvalue weighted by Crippen LogP contribution is 2.22. The fraction of sp³-hybridized carbons (Fsp3) is 0.167. The Bertz CT molecular complexity index is 977. The number of aromatic nitrogens is 1. The van der Waals surface area contributed by atoms with E-state index in [1.165, 1.54) is 28.6 Å². The molecule has 3 aromatic rings. The fourth-order valence-electron chi connectivity index (χ4n) is 3.06. The number of allylic oxidation sites excluding steroid dienone is 3. The van der Waals surface area contributed by atoms with E-state index >= 15 is 0 Å². The van der Waals surface area contributed by atoms with E-state index in [9.17, 15) is 4.39 Å². The van der Waals surface area contributed by atoms with E-state index in [1.54, 1.807) is 12.1 Å². The molecule has 0 saturated heterocycles. The third-order valence-corrected chi connectivity index (χ3v) is 4.47. The predicted octanol–water partition coefficient (Wildman–Crippen LogP) is 5.78. The van der Waals surface area contributed by atoms with Gasteiger partial charge in [0.15, 0.2) is 0 Å². The Morgan fingerprint density at radius 1 is 1.15 bits per heavy atom. The van der Waals surface area contributed by atoms with Gasteiger partial charge in [0, 0.05) is 29.3 Å². The van der Waals surface area contributed by atoms with Crippen LogP contribution in [0.15, 0.2) is 79.2 Å². The SMILES string of the molecule is C=C(/C=C/c1ccc(F)cc1)Cc1ccc2[nH]cc(CCNC(=C)C)c2c1. The third-order valence-electron chi connectivity index (χ3n) is 4.47. The van der Waals surface area contributed by atoms with Crippen LogP contribution in [0.3, 0.4) is 0 Å². The molecule has 3 heteroatoms. The number of benzene rings is 2. The van der Waals surface area contributed by atoms with Crippen molar-refractivity contribution >= 4 is 17.0 Å². The van der Waals surface area contributed by atoms with Gasteiger partial charge in [0.1, 0.15) is 5.82 Å². The zero-order valence-corrected chi connectivity index (χ0v) is 15.7. The lowest BCUT2D eigenvalue weighted by Gasteiger charge is -2.06. The van der Waals surface area contributed by atoms with Crippen molar-refractivity contribution in [2.45, 2.75) is 19.8 Å². The van der Waals surface area contributed by atoms with Gasteiger partial charge in [0.25, 0.3) is 0 Å². The van der Waals surface area contributed by atoms with E-state index < -0.39 is 0 Å². The van der Waals surface area contributed by atoms with Crippen LogP contribution in [-0.2, 0) is 12.8 Å². The monoisotopic (exact) mass is 360 g/mol. The zero-order valence-electron chi connectivity index (χ0n) is 15.7. The summed E-state index contributed by atoms with van der Waals surface area (Å²) in [4.78, 5) is 3.34. The van der Waals surface area contributed by atoms with Crippen molar-refractivity contribution in [2.75, 3.05) is 6.54 Å². The molecule has 0 fully saturated rings. The maximum atomic E-state index is 13.0. The molecule has 138 valence electrons. The van der Waals surface area contributed by atoms with Gasteiger partial charge in [-0.05, 0) is 60.7 Å². The number of halogens is 1. The van der Waals surface area contributed by atoms with E-state index in [4.69, 9.17) is 0 Å². The summed E-state index contributed by atoms with van der Waals surface area (Å²) >= 11 is 0. The lowest BCUT2D eigenvalue weighted by atomic mass is 10.0. The Morgan fingerprint density at radius 3 is 2.67 bits per heavy atom. The van der Waals surface area contributed by atoms with Crippen LogP contribution >= 0.6 is 0 Å². The van der Waals surface area contributed by atoms with Crippen molar-refractivity contribution < 1.29 is 4.39 Å². The van der Waals surface area contributed by atoms with Crippen LogP contribution in [0.2, 0.25) is 0 Å². The first-order valence-corrected chi connectivity index (χ1v) is 9.11. The molecule has 0 aliphatic carbocycles. The molecule has 0 saturated carbocycles.